The first kappa shape index (κ1) is 23.5. The molecule has 0 saturated carbocycles. The molecule has 1 aromatic heterocycles. The van der Waals surface area contributed by atoms with E-state index in [-0.39, 0.29) is 17.1 Å². The normalized spacial score (nSPS) is 10.3. The van der Waals surface area contributed by atoms with E-state index in [9.17, 15) is 29.8 Å². The fourth-order valence-corrected chi connectivity index (χ4v) is 3.29. The largest absolute Gasteiger partial charge is 0.356 e. The van der Waals surface area contributed by atoms with Crippen molar-refractivity contribution in [2.45, 2.75) is 0 Å². The molecule has 4 N–H and O–H groups in total. The van der Waals surface area contributed by atoms with E-state index in [0.29, 0.717) is 10.9 Å². The van der Waals surface area contributed by atoms with Gasteiger partial charge in [-0.3, -0.25) is 51.5 Å². The smallest absolute Gasteiger partial charge is 0.276 e. The molecule has 0 aliphatic heterocycles. The maximum atomic E-state index is 12.7. The second kappa shape index (κ2) is 10.1. The summed E-state index contributed by atoms with van der Waals surface area (Å²) in [5.41, 5.74) is 8.60. The first-order valence-corrected chi connectivity index (χ1v) is 10.2. The summed E-state index contributed by atoms with van der Waals surface area (Å²) in [6.45, 7) is 0. The third kappa shape index (κ3) is 4.96. The van der Waals surface area contributed by atoms with Crippen molar-refractivity contribution in [1.29, 1.82) is 0 Å². The van der Waals surface area contributed by atoms with Crippen LogP contribution in [0, 0.1) is 20.2 Å². The standard InChI is InChI=1S/C22H16N8O6/c31-21(14-7-3-8-15(11-14)29(33)34)27-25-19-18(30(35)36)20(24-12-23-19)26-28-22(32)17-10-4-6-13-5-1-2-9-16(13)17/h1-12H,(H,27,31)(H,28,32)(H2,23,24,25,26). The number of rotatable bonds is 8. The van der Waals surface area contributed by atoms with Crippen LogP contribution in [0.2, 0.25) is 0 Å². The van der Waals surface area contributed by atoms with E-state index in [1.807, 2.05) is 18.2 Å². The number of carbonyl (C=O) groups excluding carboxylic acids is 2. The monoisotopic (exact) mass is 488 g/mol. The highest BCUT2D eigenvalue weighted by Crippen LogP contribution is 2.28. The van der Waals surface area contributed by atoms with E-state index in [1.54, 1.807) is 24.3 Å². The lowest BCUT2D eigenvalue weighted by atomic mass is 10.0. The quantitative estimate of drug-likeness (QED) is 0.211. The zero-order chi connectivity index (χ0) is 25.7. The Morgan fingerprint density at radius 2 is 1.39 bits per heavy atom. The van der Waals surface area contributed by atoms with E-state index in [0.717, 1.165) is 17.8 Å². The summed E-state index contributed by atoms with van der Waals surface area (Å²) in [7, 11) is 0. The van der Waals surface area contributed by atoms with Crippen molar-refractivity contribution >= 4 is 45.6 Å². The minimum atomic E-state index is -0.811. The summed E-state index contributed by atoms with van der Waals surface area (Å²) in [5.74, 6) is -2.11. The summed E-state index contributed by atoms with van der Waals surface area (Å²) in [6.07, 6.45) is 0.973. The molecular formula is C22H16N8O6. The molecule has 3 aromatic carbocycles. The van der Waals surface area contributed by atoms with Crippen LogP contribution in [0.15, 0.2) is 73.1 Å². The maximum Gasteiger partial charge on any atom is 0.356 e. The zero-order valence-corrected chi connectivity index (χ0v) is 18.2. The second-order valence-electron chi connectivity index (χ2n) is 7.17. The third-order valence-corrected chi connectivity index (χ3v) is 4.95. The average Bonchev–Trinajstić information content (AvgIpc) is 2.89. The van der Waals surface area contributed by atoms with Crippen LogP contribution in [0.1, 0.15) is 20.7 Å². The number of non-ortho nitro benzene ring substituents is 1. The molecule has 0 radical (unpaired) electrons. The minimum Gasteiger partial charge on any atom is -0.276 e. The number of hydrazine groups is 2. The van der Waals surface area contributed by atoms with Crippen LogP contribution in [0.25, 0.3) is 10.8 Å². The van der Waals surface area contributed by atoms with Crippen molar-refractivity contribution in [3.8, 4) is 0 Å². The highest BCUT2D eigenvalue weighted by molar-refractivity contribution is 6.07. The molecule has 4 rings (SSSR count). The maximum absolute atomic E-state index is 12.7. The number of nitrogens with one attached hydrogen (secondary N) is 4. The molecule has 1 heterocycles. The van der Waals surface area contributed by atoms with Gasteiger partial charge in [0.05, 0.1) is 9.85 Å². The predicted octanol–water partition coefficient (Wildman–Crippen LogP) is 2.96. The Morgan fingerprint density at radius 3 is 2.08 bits per heavy atom. The van der Waals surface area contributed by atoms with Gasteiger partial charge >= 0.3 is 5.69 Å². The van der Waals surface area contributed by atoms with Crippen LogP contribution in [0.4, 0.5) is 23.0 Å². The molecule has 14 nitrogen and oxygen atoms in total. The topological polar surface area (TPSA) is 194 Å². The van der Waals surface area contributed by atoms with Crippen LogP contribution in [0.3, 0.4) is 0 Å². The Bertz CT molecular complexity index is 1500. The fraction of sp³-hybridized carbons (Fsp3) is 0. The van der Waals surface area contributed by atoms with Gasteiger partial charge in [0.2, 0.25) is 11.6 Å². The third-order valence-electron chi connectivity index (χ3n) is 4.95. The molecule has 36 heavy (non-hydrogen) atoms. The zero-order valence-electron chi connectivity index (χ0n) is 18.2. The number of hydrogen-bond acceptors (Lipinski definition) is 10. The van der Waals surface area contributed by atoms with E-state index >= 15 is 0 Å². The number of benzene rings is 3. The summed E-state index contributed by atoms with van der Waals surface area (Å²) in [4.78, 5) is 53.8. The summed E-state index contributed by atoms with van der Waals surface area (Å²) in [6, 6.07) is 17.3. The lowest BCUT2D eigenvalue weighted by Gasteiger charge is -2.12. The Labute approximate surface area is 201 Å². The van der Waals surface area contributed by atoms with Crippen molar-refractivity contribution < 1.29 is 19.4 Å². The molecule has 0 spiro atoms. The summed E-state index contributed by atoms with van der Waals surface area (Å²) < 4.78 is 0. The predicted molar refractivity (Wildman–Crippen MR) is 128 cm³/mol. The van der Waals surface area contributed by atoms with E-state index < -0.39 is 33.2 Å². The molecule has 0 fully saturated rings. The first-order valence-electron chi connectivity index (χ1n) is 10.2. The molecule has 0 atom stereocenters. The van der Waals surface area contributed by atoms with Gasteiger partial charge in [-0.1, -0.05) is 42.5 Å². The van der Waals surface area contributed by atoms with Crippen LogP contribution in [-0.2, 0) is 0 Å². The Kier molecular flexibility index (Phi) is 6.58. The van der Waals surface area contributed by atoms with Crippen LogP contribution >= 0.6 is 0 Å². The molecule has 0 saturated heterocycles. The second-order valence-corrected chi connectivity index (χ2v) is 7.17. The molecule has 4 aromatic rings. The van der Waals surface area contributed by atoms with Crippen LogP contribution in [0.5, 0.6) is 0 Å². The van der Waals surface area contributed by atoms with Gasteiger partial charge < -0.3 is 0 Å². The number of hydrogen-bond donors (Lipinski definition) is 4. The Morgan fingerprint density at radius 1 is 0.750 bits per heavy atom. The van der Waals surface area contributed by atoms with Crippen molar-refractivity contribution in [3.05, 3.63) is 104 Å². The van der Waals surface area contributed by atoms with Gasteiger partial charge in [0, 0.05) is 23.3 Å². The van der Waals surface area contributed by atoms with Crippen LogP contribution < -0.4 is 21.7 Å². The van der Waals surface area contributed by atoms with Gasteiger partial charge in [-0.25, -0.2) is 9.97 Å². The molecule has 180 valence electrons. The average molecular weight is 488 g/mol. The molecule has 14 heteroatoms. The lowest BCUT2D eigenvalue weighted by Crippen LogP contribution is -2.32. The SMILES string of the molecule is O=C(NNc1ncnc(NNC(=O)c2cccc3ccccc23)c1[N+](=O)[O-])c1cccc([N+](=O)[O-])c1. The number of nitro groups is 2. The first-order chi connectivity index (χ1) is 17.3. The number of nitro benzene ring substituents is 1. The molecule has 0 aliphatic rings. The number of fused-ring (bicyclic) bond motifs is 1. The number of carbonyl (C=O) groups is 2. The van der Waals surface area contributed by atoms with E-state index in [1.165, 1.54) is 18.2 Å². The highest BCUT2D eigenvalue weighted by atomic mass is 16.6. The van der Waals surface area contributed by atoms with Crippen LogP contribution in [-0.4, -0.2) is 31.6 Å². The van der Waals surface area contributed by atoms with Gasteiger partial charge in [0.1, 0.15) is 6.33 Å². The molecule has 0 aliphatic carbocycles. The fourth-order valence-electron chi connectivity index (χ4n) is 3.29. The van der Waals surface area contributed by atoms with Crippen molar-refractivity contribution in [2.24, 2.45) is 0 Å². The number of anilines is 2. The summed E-state index contributed by atoms with van der Waals surface area (Å²) in [5, 5.41) is 24.1. The number of aromatic nitrogens is 2. The summed E-state index contributed by atoms with van der Waals surface area (Å²) >= 11 is 0. The number of amides is 2. The van der Waals surface area contributed by atoms with E-state index in [2.05, 4.69) is 31.7 Å². The minimum absolute atomic E-state index is 0.0610. The Hall–Kier alpha value is -5.66. The van der Waals surface area contributed by atoms with Crippen molar-refractivity contribution in [2.75, 3.05) is 10.9 Å². The highest BCUT2D eigenvalue weighted by Gasteiger charge is 2.24. The Balaban J connectivity index is 1.50. The molecular weight excluding hydrogens is 472 g/mol. The molecule has 0 bridgehead atoms. The van der Waals surface area contributed by atoms with Gasteiger partial charge in [-0.15, -0.1) is 0 Å². The van der Waals surface area contributed by atoms with Gasteiger partial charge in [-0.05, 0) is 22.9 Å². The van der Waals surface area contributed by atoms with Gasteiger partial charge in [-0.2, -0.15) is 0 Å². The van der Waals surface area contributed by atoms with Crippen molar-refractivity contribution in [3.63, 3.8) is 0 Å². The van der Waals surface area contributed by atoms with Gasteiger partial charge in [0.25, 0.3) is 17.5 Å². The van der Waals surface area contributed by atoms with Crippen molar-refractivity contribution in [1.82, 2.24) is 20.8 Å². The molecule has 2 amide bonds. The molecule has 0 unspecified atom stereocenters. The van der Waals surface area contributed by atoms with E-state index in [4.69, 9.17) is 0 Å². The van der Waals surface area contributed by atoms with Gasteiger partial charge in [0.15, 0.2) is 0 Å². The number of nitrogens with zero attached hydrogens (tertiary/aromatic N) is 4. The lowest BCUT2D eigenvalue weighted by molar-refractivity contribution is -0.384.